The highest BCUT2D eigenvalue weighted by molar-refractivity contribution is 5.85. The maximum atomic E-state index is 12.0. The first-order chi connectivity index (χ1) is 7.11. The van der Waals surface area contributed by atoms with Crippen LogP contribution in [0.25, 0.3) is 0 Å². The van der Waals surface area contributed by atoms with Gasteiger partial charge in [0.25, 0.3) is 5.91 Å². The largest absolute Gasteiger partial charge is 0.396 e. The Bertz CT molecular complexity index is 390. The van der Waals surface area contributed by atoms with E-state index in [0.29, 0.717) is 5.69 Å². The molecule has 82 valence electrons. The third kappa shape index (κ3) is 1.63. The van der Waals surface area contributed by atoms with Crippen molar-refractivity contribution in [2.45, 2.75) is 32.7 Å². The molecule has 1 aromatic rings. The molecule has 0 saturated carbocycles. The van der Waals surface area contributed by atoms with Crippen molar-refractivity contribution in [3.8, 4) is 0 Å². The summed E-state index contributed by atoms with van der Waals surface area (Å²) in [5.41, 5.74) is 7.86. The van der Waals surface area contributed by atoms with Gasteiger partial charge in [0.1, 0.15) is 0 Å². The number of nitrogen functional groups attached to an aromatic ring is 1. The lowest BCUT2D eigenvalue weighted by atomic mass is 10.2. The Morgan fingerprint density at radius 3 is 2.80 bits per heavy atom. The number of carbonyl (C=O) groups is 1. The van der Waals surface area contributed by atoms with Crippen molar-refractivity contribution in [3.05, 3.63) is 11.4 Å². The Morgan fingerprint density at radius 1 is 1.60 bits per heavy atom. The lowest BCUT2D eigenvalue weighted by Gasteiger charge is -2.09. The van der Waals surface area contributed by atoms with Crippen LogP contribution in [0, 0.1) is 13.8 Å². The van der Waals surface area contributed by atoms with E-state index in [2.05, 4.69) is 10.4 Å². The Morgan fingerprint density at radius 2 is 2.33 bits per heavy atom. The molecule has 0 aliphatic carbocycles. The molecule has 0 unspecified atom stereocenters. The van der Waals surface area contributed by atoms with Crippen LogP contribution in [-0.4, -0.2) is 28.3 Å². The predicted molar refractivity (Wildman–Crippen MR) is 57.8 cm³/mol. The number of anilines is 1. The molecule has 1 aliphatic rings. The van der Waals surface area contributed by atoms with Gasteiger partial charge >= 0.3 is 0 Å². The van der Waals surface area contributed by atoms with Gasteiger partial charge in [0.2, 0.25) is 0 Å². The first-order valence-electron chi connectivity index (χ1n) is 5.20. The zero-order valence-corrected chi connectivity index (χ0v) is 9.08. The van der Waals surface area contributed by atoms with Gasteiger partial charge < -0.3 is 11.1 Å². The SMILES string of the molecule is Cc1nn(C(=O)[C@@H]2CCCN2)c(C)c1N. The second-order valence-corrected chi connectivity index (χ2v) is 3.98. The number of nitrogens with zero attached hydrogens (tertiary/aromatic N) is 2. The molecule has 0 amide bonds. The molecule has 5 heteroatoms. The van der Waals surface area contributed by atoms with Gasteiger partial charge in [-0.3, -0.25) is 4.79 Å². The Labute approximate surface area is 88.6 Å². The second-order valence-electron chi connectivity index (χ2n) is 3.98. The summed E-state index contributed by atoms with van der Waals surface area (Å²) in [6, 6.07) is -0.0950. The van der Waals surface area contributed by atoms with E-state index in [1.165, 1.54) is 4.68 Å². The Balaban J connectivity index is 2.28. The minimum Gasteiger partial charge on any atom is -0.396 e. The summed E-state index contributed by atoms with van der Waals surface area (Å²) in [6.07, 6.45) is 1.93. The molecular formula is C10H16N4O. The highest BCUT2D eigenvalue weighted by atomic mass is 16.2. The average molecular weight is 208 g/mol. The van der Waals surface area contributed by atoms with Crippen LogP contribution in [0.4, 0.5) is 5.69 Å². The van der Waals surface area contributed by atoms with Crippen LogP contribution in [-0.2, 0) is 0 Å². The third-order valence-corrected chi connectivity index (χ3v) is 2.91. The van der Waals surface area contributed by atoms with Gasteiger partial charge in [0.05, 0.1) is 23.1 Å². The van der Waals surface area contributed by atoms with Gasteiger partial charge in [0.15, 0.2) is 0 Å². The van der Waals surface area contributed by atoms with Crippen LogP contribution in [0.5, 0.6) is 0 Å². The fourth-order valence-corrected chi connectivity index (χ4v) is 1.91. The zero-order valence-electron chi connectivity index (χ0n) is 9.08. The number of nitrogens with two attached hydrogens (primary N) is 1. The molecule has 15 heavy (non-hydrogen) atoms. The number of aryl methyl sites for hydroxylation is 1. The summed E-state index contributed by atoms with van der Waals surface area (Å²) in [4.78, 5) is 12.0. The molecule has 0 aromatic carbocycles. The monoisotopic (exact) mass is 208 g/mol. The first kappa shape index (κ1) is 10.2. The topological polar surface area (TPSA) is 72.9 Å². The van der Waals surface area contributed by atoms with Crippen molar-refractivity contribution in [1.82, 2.24) is 15.1 Å². The molecule has 2 heterocycles. The van der Waals surface area contributed by atoms with E-state index < -0.39 is 0 Å². The average Bonchev–Trinajstić information content (AvgIpc) is 2.82. The fraction of sp³-hybridized carbons (Fsp3) is 0.600. The smallest absolute Gasteiger partial charge is 0.264 e. The highest BCUT2D eigenvalue weighted by Crippen LogP contribution is 2.16. The first-order valence-corrected chi connectivity index (χ1v) is 5.20. The van der Waals surface area contributed by atoms with Crippen LogP contribution >= 0.6 is 0 Å². The van der Waals surface area contributed by atoms with Crippen molar-refractivity contribution in [2.24, 2.45) is 0 Å². The van der Waals surface area contributed by atoms with Gasteiger partial charge in [-0.1, -0.05) is 0 Å². The molecule has 1 aromatic heterocycles. The lowest BCUT2D eigenvalue weighted by molar-refractivity contribution is 0.0850. The van der Waals surface area contributed by atoms with Crippen LogP contribution in [0.2, 0.25) is 0 Å². The lowest BCUT2D eigenvalue weighted by Crippen LogP contribution is -2.35. The maximum Gasteiger partial charge on any atom is 0.264 e. The Hall–Kier alpha value is -1.36. The quantitative estimate of drug-likeness (QED) is 0.704. The van der Waals surface area contributed by atoms with E-state index in [1.54, 1.807) is 0 Å². The molecule has 3 N–H and O–H groups in total. The van der Waals surface area contributed by atoms with E-state index in [-0.39, 0.29) is 11.9 Å². The molecule has 0 bridgehead atoms. The molecule has 0 radical (unpaired) electrons. The van der Waals surface area contributed by atoms with Gasteiger partial charge in [0, 0.05) is 0 Å². The Kier molecular flexibility index (Phi) is 2.48. The number of nitrogens with one attached hydrogen (secondary N) is 1. The summed E-state index contributed by atoms with van der Waals surface area (Å²) in [6.45, 7) is 4.54. The normalized spacial score (nSPS) is 20.8. The van der Waals surface area contributed by atoms with Gasteiger partial charge in [-0.05, 0) is 33.2 Å². The van der Waals surface area contributed by atoms with E-state index >= 15 is 0 Å². The van der Waals surface area contributed by atoms with Crippen molar-refractivity contribution >= 4 is 11.6 Å². The molecule has 0 spiro atoms. The molecule has 2 rings (SSSR count). The highest BCUT2D eigenvalue weighted by Gasteiger charge is 2.26. The summed E-state index contributed by atoms with van der Waals surface area (Å²) in [7, 11) is 0. The zero-order chi connectivity index (χ0) is 11.0. The number of rotatable bonds is 1. The molecule has 1 aliphatic heterocycles. The van der Waals surface area contributed by atoms with E-state index in [0.717, 1.165) is 30.8 Å². The maximum absolute atomic E-state index is 12.0. The molecule has 1 fully saturated rings. The number of carbonyl (C=O) groups excluding carboxylic acids is 1. The fourth-order valence-electron chi connectivity index (χ4n) is 1.91. The number of hydrogen-bond acceptors (Lipinski definition) is 4. The standard InChI is InChI=1S/C10H16N4O/c1-6-9(11)7(2)14(13-6)10(15)8-4-3-5-12-8/h8,12H,3-5,11H2,1-2H3/t8-/m0/s1. The van der Waals surface area contributed by atoms with E-state index in [1.807, 2.05) is 13.8 Å². The number of hydrogen-bond donors (Lipinski definition) is 2. The van der Waals surface area contributed by atoms with E-state index in [9.17, 15) is 4.79 Å². The van der Waals surface area contributed by atoms with Crippen LogP contribution < -0.4 is 11.1 Å². The summed E-state index contributed by atoms with van der Waals surface area (Å²) >= 11 is 0. The van der Waals surface area contributed by atoms with Crippen molar-refractivity contribution < 1.29 is 4.79 Å². The van der Waals surface area contributed by atoms with Crippen LogP contribution in [0.3, 0.4) is 0 Å². The summed E-state index contributed by atoms with van der Waals surface area (Å²) < 4.78 is 1.42. The molecule has 5 nitrogen and oxygen atoms in total. The van der Waals surface area contributed by atoms with Gasteiger partial charge in [-0.2, -0.15) is 5.10 Å². The molecule has 1 atom stereocenters. The third-order valence-electron chi connectivity index (χ3n) is 2.91. The second kappa shape index (κ2) is 3.66. The summed E-state index contributed by atoms with van der Waals surface area (Å²) in [5, 5.41) is 7.32. The van der Waals surface area contributed by atoms with Crippen LogP contribution in [0.1, 0.15) is 29.0 Å². The van der Waals surface area contributed by atoms with Crippen molar-refractivity contribution in [1.29, 1.82) is 0 Å². The number of aromatic nitrogens is 2. The van der Waals surface area contributed by atoms with Crippen molar-refractivity contribution in [2.75, 3.05) is 12.3 Å². The molecular weight excluding hydrogens is 192 g/mol. The summed E-state index contributed by atoms with van der Waals surface area (Å²) in [5.74, 6) is 0.00444. The van der Waals surface area contributed by atoms with Gasteiger partial charge in [-0.15, -0.1) is 0 Å². The van der Waals surface area contributed by atoms with Crippen LogP contribution in [0.15, 0.2) is 0 Å². The van der Waals surface area contributed by atoms with Crippen molar-refractivity contribution in [3.63, 3.8) is 0 Å². The molecule has 1 saturated heterocycles. The van der Waals surface area contributed by atoms with Gasteiger partial charge in [-0.25, -0.2) is 4.68 Å². The minimum absolute atomic E-state index is 0.00444. The minimum atomic E-state index is -0.0950. The predicted octanol–water partition coefficient (Wildman–Crippen LogP) is 0.474. The van der Waals surface area contributed by atoms with E-state index in [4.69, 9.17) is 5.73 Å².